The number of benzene rings is 2. The summed E-state index contributed by atoms with van der Waals surface area (Å²) >= 11 is 6.50. The van der Waals surface area contributed by atoms with Crippen LogP contribution in [0.2, 0.25) is 5.02 Å². The average Bonchev–Trinajstić information content (AvgIpc) is 3.69. The van der Waals surface area contributed by atoms with Gasteiger partial charge in [0.25, 0.3) is 0 Å². The molecule has 0 aliphatic heterocycles. The van der Waals surface area contributed by atoms with Crippen molar-refractivity contribution in [1.82, 2.24) is 29.9 Å². The fourth-order valence-electron chi connectivity index (χ4n) is 5.84. The minimum Gasteiger partial charge on any atom is -0.382 e. The number of aromatic nitrogens is 5. The molecular weight excluding hydrogens is 681 g/mol. The van der Waals surface area contributed by atoms with Crippen molar-refractivity contribution in [2.45, 2.75) is 63.4 Å². The Bertz CT molecular complexity index is 2170. The summed E-state index contributed by atoms with van der Waals surface area (Å²) in [5.41, 5.74) is 6.07. The molecule has 50 heavy (non-hydrogen) atoms. The number of hydrogen-bond donors (Lipinski definition) is 3. The predicted octanol–water partition coefficient (Wildman–Crippen LogP) is 6.46. The van der Waals surface area contributed by atoms with Gasteiger partial charge in [0.05, 0.1) is 27.7 Å². The number of alkyl halides is 3. The number of nitrogen functional groups attached to an aromatic ring is 1. The lowest BCUT2D eigenvalue weighted by Gasteiger charge is -2.23. The Labute approximate surface area is 288 Å². The van der Waals surface area contributed by atoms with Gasteiger partial charge in [0.1, 0.15) is 29.5 Å². The molecule has 1 amide bonds. The first kappa shape index (κ1) is 34.8. The molecule has 0 spiro atoms. The molecule has 4 N–H and O–H groups in total. The number of carbonyl (C=O) groups excluding carboxylic acids is 1. The summed E-state index contributed by atoms with van der Waals surface area (Å²) in [5.74, 6) is 3.10. The van der Waals surface area contributed by atoms with Crippen LogP contribution < -0.4 is 11.1 Å². The lowest BCUT2D eigenvalue weighted by molar-refractivity contribution is -0.141. The van der Waals surface area contributed by atoms with Gasteiger partial charge in [0.15, 0.2) is 11.5 Å². The summed E-state index contributed by atoms with van der Waals surface area (Å²) in [6.07, 6.45) is -3.57. The molecule has 260 valence electrons. The Balaban J connectivity index is 1.50. The number of nitrogens with zero attached hydrogens (tertiary/aromatic N) is 5. The molecule has 1 aliphatic carbocycles. The first-order valence-electron chi connectivity index (χ1n) is 15.5. The fraction of sp³-hybridized carbons (Fsp3) is 0.314. The quantitative estimate of drug-likeness (QED) is 0.125. The van der Waals surface area contributed by atoms with Gasteiger partial charge in [0, 0.05) is 35.9 Å². The van der Waals surface area contributed by atoms with E-state index < -0.39 is 47.6 Å². The second-order valence-corrected chi connectivity index (χ2v) is 13.2. The molecule has 2 aromatic carbocycles. The number of anilines is 1. The number of hydrogen-bond acceptors (Lipinski definition) is 6. The van der Waals surface area contributed by atoms with Gasteiger partial charge >= 0.3 is 6.18 Å². The van der Waals surface area contributed by atoms with Crippen molar-refractivity contribution in [3.8, 4) is 23.0 Å². The van der Waals surface area contributed by atoms with Crippen molar-refractivity contribution in [2.24, 2.45) is 7.05 Å². The van der Waals surface area contributed by atoms with Gasteiger partial charge in [-0.15, -0.1) is 0 Å². The lowest BCUT2D eigenvalue weighted by atomic mass is 9.93. The van der Waals surface area contributed by atoms with E-state index in [1.54, 1.807) is 31.3 Å². The Morgan fingerprint density at radius 1 is 1.08 bits per heavy atom. The van der Waals surface area contributed by atoms with Gasteiger partial charge in [-0.3, -0.25) is 14.2 Å². The molecule has 1 saturated carbocycles. The highest BCUT2D eigenvalue weighted by atomic mass is 35.5. The monoisotopic (exact) mass is 711 g/mol. The van der Waals surface area contributed by atoms with E-state index in [9.17, 15) is 31.9 Å². The molecule has 1 unspecified atom stereocenters. The van der Waals surface area contributed by atoms with E-state index in [-0.39, 0.29) is 40.8 Å². The van der Waals surface area contributed by atoms with Crippen molar-refractivity contribution in [3.05, 3.63) is 93.5 Å². The largest absolute Gasteiger partial charge is 0.435 e. The second-order valence-electron chi connectivity index (χ2n) is 12.8. The number of carbonyl (C=O) groups is 1. The Morgan fingerprint density at radius 3 is 2.40 bits per heavy atom. The first-order chi connectivity index (χ1) is 23.5. The third-order valence-corrected chi connectivity index (χ3v) is 8.41. The molecule has 1 aliphatic rings. The number of amides is 1. The minimum atomic E-state index is -4.71. The fourth-order valence-corrected chi connectivity index (χ4v) is 6.09. The molecule has 9 nitrogen and oxygen atoms in total. The van der Waals surface area contributed by atoms with Gasteiger partial charge in [-0.1, -0.05) is 23.6 Å². The highest BCUT2D eigenvalue weighted by Crippen LogP contribution is 2.42. The molecule has 0 saturated heterocycles. The molecule has 6 rings (SSSR count). The van der Waals surface area contributed by atoms with Gasteiger partial charge in [-0.25, -0.2) is 13.8 Å². The second kappa shape index (κ2) is 13.0. The summed E-state index contributed by atoms with van der Waals surface area (Å²) in [6, 6.07) is 9.38. The van der Waals surface area contributed by atoms with Crippen molar-refractivity contribution < 1.29 is 31.9 Å². The maximum Gasteiger partial charge on any atom is 0.435 e. The van der Waals surface area contributed by atoms with Crippen LogP contribution in [0.1, 0.15) is 67.0 Å². The zero-order valence-corrected chi connectivity index (χ0v) is 27.8. The standard InChI is InChI=1S/C35H31ClF5N7O2/c1-34(2,50)11-10-22-6-7-23(24-8-9-25(36)30-32(24)47(3)46-33(30)42)31(43-22)26(14-18-12-20(37)15-21(38)13-18)44-29(49)17-48-27(19-4-5-19)16-28(45-48)35(39,40)41/h6-9,12-13,15-16,19,26,50H,4-5,14,17H2,1-3H3,(H2,42,46)(H,44,49). The van der Waals surface area contributed by atoms with E-state index in [1.807, 2.05) is 0 Å². The summed E-state index contributed by atoms with van der Waals surface area (Å²) in [6.45, 7) is 2.42. The van der Waals surface area contributed by atoms with Crippen LogP contribution in [0.25, 0.3) is 22.0 Å². The van der Waals surface area contributed by atoms with Crippen LogP contribution in [0, 0.1) is 23.5 Å². The van der Waals surface area contributed by atoms with E-state index in [0.29, 0.717) is 46.0 Å². The third kappa shape index (κ3) is 7.59. The number of rotatable bonds is 8. The van der Waals surface area contributed by atoms with E-state index >= 15 is 0 Å². The molecule has 5 aromatic rings. The van der Waals surface area contributed by atoms with Gasteiger partial charge < -0.3 is 16.2 Å². The van der Waals surface area contributed by atoms with Gasteiger partial charge in [0.2, 0.25) is 5.91 Å². The van der Waals surface area contributed by atoms with Crippen molar-refractivity contribution >= 4 is 34.2 Å². The van der Waals surface area contributed by atoms with E-state index in [2.05, 4.69) is 27.4 Å². The lowest BCUT2D eigenvalue weighted by Crippen LogP contribution is -2.34. The maximum atomic E-state index is 14.4. The summed E-state index contributed by atoms with van der Waals surface area (Å²) in [5, 5.41) is 21.9. The highest BCUT2D eigenvalue weighted by molar-refractivity contribution is 6.37. The molecule has 3 aromatic heterocycles. The van der Waals surface area contributed by atoms with Crippen molar-refractivity contribution in [1.29, 1.82) is 0 Å². The van der Waals surface area contributed by atoms with Crippen molar-refractivity contribution in [3.63, 3.8) is 0 Å². The molecule has 0 bridgehead atoms. The average molecular weight is 712 g/mol. The number of pyridine rings is 1. The molecule has 3 heterocycles. The molecule has 1 atom stereocenters. The number of nitrogens with one attached hydrogen (secondary N) is 1. The SMILES string of the molecule is Cn1nc(N)c2c(Cl)ccc(-c3ccc(C#CC(C)(C)O)nc3C(Cc3cc(F)cc(F)c3)NC(=O)Cn3nc(C(F)(F)F)cc3C3CC3)c21. The number of aliphatic hydroxyl groups is 1. The number of halogens is 6. The zero-order chi connectivity index (χ0) is 36.1. The third-order valence-electron chi connectivity index (χ3n) is 8.09. The van der Waals surface area contributed by atoms with Crippen LogP contribution in [0.5, 0.6) is 0 Å². The van der Waals surface area contributed by atoms with Crippen LogP contribution in [0.15, 0.2) is 48.5 Å². The van der Waals surface area contributed by atoms with Crippen molar-refractivity contribution in [2.75, 3.05) is 5.73 Å². The number of nitrogens with two attached hydrogens (primary N) is 1. The predicted molar refractivity (Wildman–Crippen MR) is 177 cm³/mol. The van der Waals surface area contributed by atoms with Crippen LogP contribution in [0.3, 0.4) is 0 Å². The van der Waals surface area contributed by atoms with E-state index in [1.165, 1.54) is 18.5 Å². The number of aryl methyl sites for hydroxylation is 1. The van der Waals surface area contributed by atoms with Crippen LogP contribution in [0.4, 0.5) is 27.8 Å². The van der Waals surface area contributed by atoms with E-state index in [4.69, 9.17) is 22.3 Å². The van der Waals surface area contributed by atoms with Crippen LogP contribution >= 0.6 is 11.6 Å². The summed E-state index contributed by atoms with van der Waals surface area (Å²) in [4.78, 5) is 18.5. The Hall–Kier alpha value is -5.00. The highest BCUT2D eigenvalue weighted by Gasteiger charge is 2.38. The topological polar surface area (TPSA) is 124 Å². The zero-order valence-electron chi connectivity index (χ0n) is 27.0. The molecule has 1 fully saturated rings. The number of fused-ring (bicyclic) bond motifs is 1. The first-order valence-corrected chi connectivity index (χ1v) is 15.9. The Kier molecular flexibility index (Phi) is 9.09. The maximum absolute atomic E-state index is 14.4. The molecule has 0 radical (unpaired) electrons. The minimum absolute atomic E-state index is 0.157. The van der Waals surface area contributed by atoms with E-state index in [0.717, 1.165) is 22.9 Å². The van der Waals surface area contributed by atoms with Crippen LogP contribution in [-0.4, -0.2) is 41.2 Å². The molecule has 15 heteroatoms. The summed E-state index contributed by atoms with van der Waals surface area (Å²) < 4.78 is 72.2. The smallest absolute Gasteiger partial charge is 0.382 e. The van der Waals surface area contributed by atoms with Crippen LogP contribution in [-0.2, 0) is 31.0 Å². The molecular formula is C35H31ClF5N7O2. The summed E-state index contributed by atoms with van der Waals surface area (Å²) in [7, 11) is 1.67. The van der Waals surface area contributed by atoms with Gasteiger partial charge in [-0.05, 0) is 81.0 Å². The normalized spacial score (nSPS) is 14.0. The Morgan fingerprint density at radius 2 is 1.76 bits per heavy atom. The van der Waals surface area contributed by atoms with Gasteiger partial charge in [-0.2, -0.15) is 23.4 Å².